The second-order valence-corrected chi connectivity index (χ2v) is 6.40. The summed E-state index contributed by atoms with van der Waals surface area (Å²) in [6.45, 7) is 2.89. The minimum Gasteiger partial charge on any atom is -0.457 e. The van der Waals surface area contributed by atoms with E-state index in [2.05, 4.69) is 17.6 Å². The summed E-state index contributed by atoms with van der Waals surface area (Å²) < 4.78 is 5.78. The number of halogens is 1. The number of para-hydroxylation sites is 1. The normalized spacial score (nSPS) is 18.9. The first-order valence-electron chi connectivity index (χ1n) is 8.58. The number of non-ortho nitro benzene ring substituents is 1. The fourth-order valence-electron chi connectivity index (χ4n) is 3.04. The number of carbonyl (C=O) groups excluding carboxylic acids is 1. The highest BCUT2D eigenvalue weighted by molar-refractivity contribution is 5.98. The van der Waals surface area contributed by atoms with E-state index in [0.717, 1.165) is 19.4 Å². The highest BCUT2D eigenvalue weighted by Gasteiger charge is 2.24. The van der Waals surface area contributed by atoms with Crippen LogP contribution in [0, 0.1) is 10.1 Å². The van der Waals surface area contributed by atoms with Crippen molar-refractivity contribution in [2.75, 3.05) is 6.54 Å². The molecule has 27 heavy (non-hydrogen) atoms. The van der Waals surface area contributed by atoms with Crippen LogP contribution in [-0.4, -0.2) is 29.5 Å². The van der Waals surface area contributed by atoms with Crippen LogP contribution in [0.5, 0.6) is 11.5 Å². The average Bonchev–Trinajstić information content (AvgIpc) is 2.62. The molecular weight excluding hydrogens is 370 g/mol. The van der Waals surface area contributed by atoms with Crippen LogP contribution in [0.4, 0.5) is 5.69 Å². The minimum absolute atomic E-state index is 0. The maximum atomic E-state index is 12.8. The Balaban J connectivity index is 0.00000261. The predicted molar refractivity (Wildman–Crippen MR) is 105 cm³/mol. The summed E-state index contributed by atoms with van der Waals surface area (Å²) in [5.74, 6) is 0.492. The number of hydrogen-bond acceptors (Lipinski definition) is 5. The first-order chi connectivity index (χ1) is 12.5. The van der Waals surface area contributed by atoms with Crippen molar-refractivity contribution in [1.29, 1.82) is 0 Å². The smallest absolute Gasteiger partial charge is 0.270 e. The summed E-state index contributed by atoms with van der Waals surface area (Å²) in [7, 11) is 0. The van der Waals surface area contributed by atoms with Gasteiger partial charge in [0.05, 0.1) is 10.5 Å². The number of nitro benzene ring substituents is 1. The summed E-state index contributed by atoms with van der Waals surface area (Å²) in [6, 6.07) is 13.4. The minimum atomic E-state index is -0.518. The summed E-state index contributed by atoms with van der Waals surface area (Å²) in [5, 5.41) is 17.4. The van der Waals surface area contributed by atoms with E-state index in [0.29, 0.717) is 17.5 Å². The molecule has 144 valence electrons. The number of nitrogens with zero attached hydrogens (tertiary/aromatic N) is 1. The van der Waals surface area contributed by atoms with Gasteiger partial charge in [-0.25, -0.2) is 0 Å². The lowest BCUT2D eigenvalue weighted by molar-refractivity contribution is -0.384. The molecule has 8 heteroatoms. The number of hydrogen-bond donors (Lipinski definition) is 2. The summed E-state index contributed by atoms with van der Waals surface area (Å²) in [6.07, 6.45) is 1.63. The van der Waals surface area contributed by atoms with Gasteiger partial charge in [0.1, 0.15) is 11.5 Å². The van der Waals surface area contributed by atoms with Gasteiger partial charge in [0.2, 0.25) is 0 Å². The molecule has 2 N–H and O–H groups in total. The van der Waals surface area contributed by atoms with Gasteiger partial charge in [-0.15, -0.1) is 12.4 Å². The second kappa shape index (κ2) is 9.34. The van der Waals surface area contributed by atoms with Crippen LogP contribution in [0.15, 0.2) is 48.5 Å². The molecule has 1 heterocycles. The maximum Gasteiger partial charge on any atom is 0.270 e. The van der Waals surface area contributed by atoms with Gasteiger partial charge in [-0.2, -0.15) is 0 Å². The number of carbonyl (C=O) groups is 1. The monoisotopic (exact) mass is 391 g/mol. The lowest BCUT2D eigenvalue weighted by Gasteiger charge is -2.28. The number of amides is 1. The van der Waals surface area contributed by atoms with Gasteiger partial charge in [-0.05, 0) is 44.5 Å². The highest BCUT2D eigenvalue weighted by Crippen LogP contribution is 2.29. The molecule has 0 spiro atoms. The van der Waals surface area contributed by atoms with Crippen LogP contribution < -0.4 is 15.4 Å². The fourth-order valence-corrected chi connectivity index (χ4v) is 3.04. The average molecular weight is 392 g/mol. The number of piperidine rings is 1. The first-order valence-corrected chi connectivity index (χ1v) is 8.58. The van der Waals surface area contributed by atoms with E-state index in [1.54, 1.807) is 12.1 Å². The van der Waals surface area contributed by atoms with E-state index in [1.807, 2.05) is 18.2 Å². The molecule has 2 unspecified atom stereocenters. The molecule has 1 saturated heterocycles. The molecule has 7 nitrogen and oxygen atoms in total. The molecule has 1 amide bonds. The van der Waals surface area contributed by atoms with E-state index < -0.39 is 4.92 Å². The Bertz CT molecular complexity index is 801. The topological polar surface area (TPSA) is 93.5 Å². The Morgan fingerprint density at radius 2 is 2.00 bits per heavy atom. The third-order valence-corrected chi connectivity index (χ3v) is 4.35. The summed E-state index contributed by atoms with van der Waals surface area (Å²) in [4.78, 5) is 23.4. The maximum absolute atomic E-state index is 12.8. The quantitative estimate of drug-likeness (QED) is 0.599. The van der Waals surface area contributed by atoms with Crippen LogP contribution in [0.25, 0.3) is 0 Å². The van der Waals surface area contributed by atoms with Gasteiger partial charge in [0.15, 0.2) is 0 Å². The van der Waals surface area contributed by atoms with Crippen molar-refractivity contribution >= 4 is 24.0 Å². The summed E-state index contributed by atoms with van der Waals surface area (Å²) >= 11 is 0. The van der Waals surface area contributed by atoms with Gasteiger partial charge < -0.3 is 15.4 Å². The van der Waals surface area contributed by atoms with Crippen LogP contribution in [0.1, 0.15) is 30.1 Å². The number of nitro groups is 1. The number of rotatable bonds is 5. The van der Waals surface area contributed by atoms with Crippen LogP contribution in [-0.2, 0) is 0 Å². The standard InChI is InChI=1S/C19H21N3O4.ClH/c1-13-11-14(9-10-20-13)21-19(23)17-12-15(22(24)25)7-8-18(17)26-16-5-3-2-4-6-16;/h2-8,12-14,20H,9-11H2,1H3,(H,21,23);1H. The zero-order valence-corrected chi connectivity index (χ0v) is 15.7. The van der Waals surface area contributed by atoms with Crippen LogP contribution in [0.2, 0.25) is 0 Å². The van der Waals surface area contributed by atoms with Crippen molar-refractivity contribution in [3.05, 3.63) is 64.2 Å². The van der Waals surface area contributed by atoms with Gasteiger partial charge in [0, 0.05) is 24.2 Å². The number of ether oxygens (including phenoxy) is 1. The van der Waals surface area contributed by atoms with Crippen LogP contribution >= 0.6 is 12.4 Å². The molecule has 0 aliphatic carbocycles. The van der Waals surface area contributed by atoms with Gasteiger partial charge >= 0.3 is 0 Å². The lowest BCUT2D eigenvalue weighted by Crippen LogP contribution is -2.46. The molecule has 0 saturated carbocycles. The van der Waals surface area contributed by atoms with E-state index in [4.69, 9.17) is 4.74 Å². The lowest BCUT2D eigenvalue weighted by atomic mass is 10.00. The highest BCUT2D eigenvalue weighted by atomic mass is 35.5. The number of benzene rings is 2. The molecule has 0 radical (unpaired) electrons. The molecule has 1 aliphatic heterocycles. The molecule has 1 aliphatic rings. The summed E-state index contributed by atoms with van der Waals surface area (Å²) in [5.41, 5.74) is 0.0171. The molecule has 1 fully saturated rings. The van der Waals surface area contributed by atoms with E-state index in [-0.39, 0.29) is 35.6 Å². The van der Waals surface area contributed by atoms with Crippen molar-refractivity contribution in [2.24, 2.45) is 0 Å². The molecule has 3 rings (SSSR count). The zero-order chi connectivity index (χ0) is 18.5. The first kappa shape index (κ1) is 20.7. The van der Waals surface area contributed by atoms with Gasteiger partial charge in [-0.1, -0.05) is 18.2 Å². The Hall–Kier alpha value is -2.64. The Labute approximate surface area is 163 Å². The van der Waals surface area contributed by atoms with E-state index in [9.17, 15) is 14.9 Å². The van der Waals surface area contributed by atoms with Gasteiger partial charge in [0.25, 0.3) is 11.6 Å². The van der Waals surface area contributed by atoms with Crippen LogP contribution in [0.3, 0.4) is 0 Å². The molecule has 0 aromatic heterocycles. The Morgan fingerprint density at radius 1 is 1.26 bits per heavy atom. The van der Waals surface area contributed by atoms with Crippen molar-refractivity contribution in [1.82, 2.24) is 10.6 Å². The zero-order valence-electron chi connectivity index (χ0n) is 14.9. The molecule has 2 atom stereocenters. The molecule has 0 bridgehead atoms. The van der Waals surface area contributed by atoms with Crippen molar-refractivity contribution in [3.8, 4) is 11.5 Å². The SMILES string of the molecule is CC1CC(NC(=O)c2cc([N+](=O)[O-])ccc2Oc2ccccc2)CCN1.Cl. The van der Waals surface area contributed by atoms with E-state index >= 15 is 0 Å². The van der Waals surface area contributed by atoms with Crippen molar-refractivity contribution in [2.45, 2.75) is 31.8 Å². The third-order valence-electron chi connectivity index (χ3n) is 4.35. The number of nitrogens with one attached hydrogen (secondary N) is 2. The predicted octanol–water partition coefficient (Wildman–Crippen LogP) is 3.68. The molecule has 2 aromatic rings. The largest absolute Gasteiger partial charge is 0.457 e. The fraction of sp³-hybridized carbons (Fsp3) is 0.316. The Kier molecular flexibility index (Phi) is 7.15. The second-order valence-electron chi connectivity index (χ2n) is 6.40. The Morgan fingerprint density at radius 3 is 2.67 bits per heavy atom. The van der Waals surface area contributed by atoms with Crippen molar-refractivity contribution < 1.29 is 14.5 Å². The van der Waals surface area contributed by atoms with Gasteiger partial charge in [-0.3, -0.25) is 14.9 Å². The van der Waals surface area contributed by atoms with E-state index in [1.165, 1.54) is 18.2 Å². The molecular formula is C19H22ClN3O4. The van der Waals surface area contributed by atoms with Crippen molar-refractivity contribution in [3.63, 3.8) is 0 Å². The third kappa shape index (κ3) is 5.42. The molecule has 2 aromatic carbocycles.